The number of benzene rings is 1. The van der Waals surface area contributed by atoms with Gasteiger partial charge in [-0.05, 0) is 43.5 Å². The summed E-state index contributed by atoms with van der Waals surface area (Å²) in [4.78, 5) is 11.4. The van der Waals surface area contributed by atoms with Crippen molar-refractivity contribution in [1.82, 2.24) is 4.98 Å². The first-order valence-corrected chi connectivity index (χ1v) is 9.04. The van der Waals surface area contributed by atoms with Gasteiger partial charge in [0.1, 0.15) is 5.82 Å². The molecule has 0 spiro atoms. The lowest BCUT2D eigenvalue weighted by Crippen LogP contribution is -2.24. The summed E-state index contributed by atoms with van der Waals surface area (Å²) in [7, 11) is 0. The molecule has 1 aliphatic rings. The van der Waals surface area contributed by atoms with Crippen LogP contribution in [0.2, 0.25) is 0 Å². The molecule has 0 aliphatic carbocycles. The lowest BCUT2D eigenvalue weighted by atomic mass is 10.2. The van der Waals surface area contributed by atoms with Gasteiger partial charge in [-0.15, -0.1) is 24.0 Å². The molecular formula is C20H28IN5. The molecule has 1 aromatic carbocycles. The Labute approximate surface area is 173 Å². The molecule has 1 saturated heterocycles. The molecule has 5 nitrogen and oxygen atoms in total. The highest BCUT2D eigenvalue weighted by Crippen LogP contribution is 2.17. The zero-order valence-electron chi connectivity index (χ0n) is 15.3. The predicted octanol–water partition coefficient (Wildman–Crippen LogP) is 4.32. The number of nitrogens with one attached hydrogen (secondary N) is 1. The first kappa shape index (κ1) is 20.5. The average molecular weight is 465 g/mol. The second-order valence-electron chi connectivity index (χ2n) is 6.62. The number of hydrogen-bond acceptors (Lipinski definition) is 3. The fraction of sp³-hybridized carbons (Fsp3) is 0.400. The van der Waals surface area contributed by atoms with Crippen molar-refractivity contribution in [1.29, 1.82) is 0 Å². The fourth-order valence-corrected chi connectivity index (χ4v) is 3.00. The predicted molar refractivity (Wildman–Crippen MR) is 120 cm³/mol. The molecule has 1 aromatic heterocycles. The molecule has 1 fully saturated rings. The number of anilines is 2. The summed E-state index contributed by atoms with van der Waals surface area (Å²) < 4.78 is 0. The minimum Gasteiger partial charge on any atom is -0.370 e. The molecule has 0 amide bonds. The first-order valence-electron chi connectivity index (χ1n) is 9.04. The van der Waals surface area contributed by atoms with Crippen LogP contribution in [0.3, 0.4) is 0 Å². The number of nitrogens with zero attached hydrogens (tertiary/aromatic N) is 3. The van der Waals surface area contributed by atoms with Gasteiger partial charge < -0.3 is 16.0 Å². The molecule has 0 radical (unpaired) electrons. The number of nitrogens with two attached hydrogens (primary N) is 1. The van der Waals surface area contributed by atoms with Gasteiger partial charge in [-0.2, -0.15) is 0 Å². The topological polar surface area (TPSA) is 66.5 Å². The summed E-state index contributed by atoms with van der Waals surface area (Å²) in [5.41, 5.74) is 9.19. The lowest BCUT2D eigenvalue weighted by Gasteiger charge is -2.21. The van der Waals surface area contributed by atoms with Crippen LogP contribution in [-0.4, -0.2) is 24.0 Å². The second-order valence-corrected chi connectivity index (χ2v) is 6.62. The number of aromatic nitrogens is 1. The molecule has 2 heterocycles. The van der Waals surface area contributed by atoms with Crippen LogP contribution in [0.1, 0.15) is 36.8 Å². The van der Waals surface area contributed by atoms with Crippen molar-refractivity contribution in [3.63, 3.8) is 0 Å². The van der Waals surface area contributed by atoms with Gasteiger partial charge in [-0.3, -0.25) is 0 Å². The van der Waals surface area contributed by atoms with E-state index in [2.05, 4.69) is 39.2 Å². The maximum atomic E-state index is 5.97. The molecule has 26 heavy (non-hydrogen) atoms. The molecule has 2 aromatic rings. The molecule has 0 unspecified atom stereocenters. The Bertz CT molecular complexity index is 689. The maximum absolute atomic E-state index is 5.97. The van der Waals surface area contributed by atoms with Crippen LogP contribution in [0.25, 0.3) is 0 Å². The molecule has 6 heteroatoms. The Morgan fingerprint density at radius 3 is 2.38 bits per heavy atom. The SMILES string of the molecule is Cc1ccc(NC(N)=NCc2ccc(N3CCCCCC3)nc2)cc1.I. The van der Waals surface area contributed by atoms with E-state index >= 15 is 0 Å². The van der Waals surface area contributed by atoms with Crippen LogP contribution in [0.4, 0.5) is 11.5 Å². The number of rotatable bonds is 4. The van der Waals surface area contributed by atoms with E-state index in [1.54, 1.807) is 0 Å². The smallest absolute Gasteiger partial charge is 0.193 e. The molecular weight excluding hydrogens is 437 g/mol. The largest absolute Gasteiger partial charge is 0.370 e. The molecule has 0 bridgehead atoms. The second kappa shape index (κ2) is 10.4. The van der Waals surface area contributed by atoms with Crippen molar-refractivity contribution in [2.24, 2.45) is 10.7 Å². The molecule has 140 valence electrons. The van der Waals surface area contributed by atoms with Gasteiger partial charge in [0.2, 0.25) is 0 Å². The van der Waals surface area contributed by atoms with Crippen molar-refractivity contribution < 1.29 is 0 Å². The number of pyridine rings is 1. The zero-order valence-corrected chi connectivity index (χ0v) is 17.6. The van der Waals surface area contributed by atoms with Crippen LogP contribution in [0.5, 0.6) is 0 Å². The quantitative estimate of drug-likeness (QED) is 0.401. The van der Waals surface area contributed by atoms with E-state index in [1.165, 1.54) is 31.2 Å². The van der Waals surface area contributed by atoms with Crippen LogP contribution < -0.4 is 16.0 Å². The maximum Gasteiger partial charge on any atom is 0.193 e. The van der Waals surface area contributed by atoms with Crippen molar-refractivity contribution in [2.45, 2.75) is 39.2 Å². The minimum atomic E-state index is 0. The van der Waals surface area contributed by atoms with Gasteiger partial charge in [0.05, 0.1) is 6.54 Å². The van der Waals surface area contributed by atoms with E-state index in [0.29, 0.717) is 12.5 Å². The number of halogens is 1. The van der Waals surface area contributed by atoms with E-state index in [0.717, 1.165) is 30.2 Å². The van der Waals surface area contributed by atoms with Gasteiger partial charge >= 0.3 is 0 Å². The lowest BCUT2D eigenvalue weighted by molar-refractivity contribution is 0.726. The van der Waals surface area contributed by atoms with E-state index in [1.807, 2.05) is 30.5 Å². The third-order valence-electron chi connectivity index (χ3n) is 4.50. The molecule has 0 atom stereocenters. The van der Waals surface area contributed by atoms with Gasteiger partial charge in [0.15, 0.2) is 5.96 Å². The molecule has 1 aliphatic heterocycles. The van der Waals surface area contributed by atoms with Crippen molar-refractivity contribution >= 4 is 41.4 Å². The standard InChI is InChI=1S/C20H27N5.HI/c1-16-6-9-18(10-7-16)24-20(21)23-15-17-8-11-19(22-14-17)25-12-4-2-3-5-13-25;/h6-11,14H,2-5,12-13,15H2,1H3,(H3,21,23,24);1H. The van der Waals surface area contributed by atoms with Crippen molar-refractivity contribution in [3.05, 3.63) is 53.7 Å². The Morgan fingerprint density at radius 1 is 1.08 bits per heavy atom. The third-order valence-corrected chi connectivity index (χ3v) is 4.50. The van der Waals surface area contributed by atoms with Gasteiger partial charge in [0, 0.05) is 25.0 Å². The van der Waals surface area contributed by atoms with E-state index < -0.39 is 0 Å². The van der Waals surface area contributed by atoms with Crippen LogP contribution in [0, 0.1) is 6.92 Å². The van der Waals surface area contributed by atoms with Crippen LogP contribution in [0.15, 0.2) is 47.6 Å². The van der Waals surface area contributed by atoms with Gasteiger partial charge in [-0.1, -0.05) is 36.6 Å². The minimum absolute atomic E-state index is 0. The zero-order chi connectivity index (χ0) is 17.5. The van der Waals surface area contributed by atoms with E-state index in [4.69, 9.17) is 5.73 Å². The summed E-state index contributed by atoms with van der Waals surface area (Å²) in [5.74, 6) is 1.49. The van der Waals surface area contributed by atoms with Crippen molar-refractivity contribution in [3.8, 4) is 0 Å². The number of hydrogen-bond donors (Lipinski definition) is 2. The molecule has 3 rings (SSSR count). The van der Waals surface area contributed by atoms with Crippen LogP contribution >= 0.6 is 24.0 Å². The fourth-order valence-electron chi connectivity index (χ4n) is 3.00. The summed E-state index contributed by atoms with van der Waals surface area (Å²) in [5, 5.41) is 3.11. The first-order chi connectivity index (χ1) is 12.2. The number of guanidine groups is 1. The van der Waals surface area contributed by atoms with E-state index in [-0.39, 0.29) is 24.0 Å². The summed E-state index contributed by atoms with van der Waals surface area (Å²) in [6, 6.07) is 12.3. The van der Waals surface area contributed by atoms with Crippen molar-refractivity contribution in [2.75, 3.05) is 23.3 Å². The Kier molecular flexibility index (Phi) is 8.15. The Morgan fingerprint density at radius 2 is 1.77 bits per heavy atom. The highest BCUT2D eigenvalue weighted by molar-refractivity contribution is 14.0. The average Bonchev–Trinajstić information content (AvgIpc) is 2.92. The third kappa shape index (κ3) is 6.16. The van der Waals surface area contributed by atoms with Gasteiger partial charge in [-0.25, -0.2) is 9.98 Å². The normalized spacial score (nSPS) is 15.1. The van der Waals surface area contributed by atoms with E-state index in [9.17, 15) is 0 Å². The molecule has 3 N–H and O–H groups in total. The van der Waals surface area contributed by atoms with Crippen LogP contribution in [-0.2, 0) is 6.54 Å². The Hall–Kier alpha value is -1.83. The number of aliphatic imine (C=N–C) groups is 1. The Balaban J connectivity index is 0.00000243. The highest BCUT2D eigenvalue weighted by atomic mass is 127. The molecule has 0 saturated carbocycles. The summed E-state index contributed by atoms with van der Waals surface area (Å²) in [6.45, 7) is 4.80. The summed E-state index contributed by atoms with van der Waals surface area (Å²) in [6.07, 6.45) is 7.08. The number of aryl methyl sites for hydroxylation is 1. The van der Waals surface area contributed by atoms with Gasteiger partial charge in [0.25, 0.3) is 0 Å². The highest BCUT2D eigenvalue weighted by Gasteiger charge is 2.10. The summed E-state index contributed by atoms with van der Waals surface area (Å²) >= 11 is 0. The monoisotopic (exact) mass is 465 g/mol.